The predicted octanol–water partition coefficient (Wildman–Crippen LogP) is 4.17. The molecular formula is C16H31NOS. The first-order chi connectivity index (χ1) is 8.74. The van der Waals surface area contributed by atoms with Gasteiger partial charge in [-0.3, -0.25) is 0 Å². The van der Waals surface area contributed by atoms with Gasteiger partial charge in [0.05, 0.1) is 11.1 Å². The van der Waals surface area contributed by atoms with Crippen LogP contribution in [0.1, 0.15) is 60.3 Å². The van der Waals surface area contributed by atoms with E-state index < -0.39 is 0 Å². The van der Waals surface area contributed by atoms with Crippen molar-refractivity contribution in [3.05, 3.63) is 0 Å². The SMILES string of the molecule is CC1CCC(C(C)C)C(OCCC(C)(C)C(N)=S)C1. The summed E-state index contributed by atoms with van der Waals surface area (Å²) in [5.41, 5.74) is 5.67. The minimum atomic E-state index is -0.0943. The van der Waals surface area contributed by atoms with Gasteiger partial charge in [0.1, 0.15) is 0 Å². The lowest BCUT2D eigenvalue weighted by Gasteiger charge is -2.37. The summed E-state index contributed by atoms with van der Waals surface area (Å²) in [6, 6.07) is 0. The topological polar surface area (TPSA) is 35.2 Å². The van der Waals surface area contributed by atoms with Crippen LogP contribution in [0.4, 0.5) is 0 Å². The molecule has 19 heavy (non-hydrogen) atoms. The van der Waals surface area contributed by atoms with E-state index in [9.17, 15) is 0 Å². The third-order valence-corrected chi connectivity index (χ3v) is 5.24. The first-order valence-corrected chi connectivity index (χ1v) is 8.06. The largest absolute Gasteiger partial charge is 0.393 e. The Bertz CT molecular complexity index is 301. The zero-order valence-electron chi connectivity index (χ0n) is 13.2. The fourth-order valence-electron chi connectivity index (χ4n) is 2.90. The Hall–Kier alpha value is -0.150. The first-order valence-electron chi connectivity index (χ1n) is 7.65. The van der Waals surface area contributed by atoms with Crippen molar-refractivity contribution in [2.45, 2.75) is 66.4 Å². The molecule has 0 radical (unpaired) electrons. The molecule has 2 N–H and O–H groups in total. The summed E-state index contributed by atoms with van der Waals surface area (Å²) in [4.78, 5) is 0.591. The highest BCUT2D eigenvalue weighted by Gasteiger charge is 2.32. The molecule has 1 aliphatic carbocycles. The highest BCUT2D eigenvalue weighted by molar-refractivity contribution is 7.80. The van der Waals surface area contributed by atoms with Crippen molar-refractivity contribution in [1.29, 1.82) is 0 Å². The maximum atomic E-state index is 6.20. The van der Waals surface area contributed by atoms with Crippen molar-refractivity contribution in [2.24, 2.45) is 28.9 Å². The lowest BCUT2D eigenvalue weighted by Crippen LogP contribution is -2.36. The van der Waals surface area contributed by atoms with Crippen LogP contribution in [-0.2, 0) is 4.74 Å². The molecule has 1 aliphatic rings. The number of hydrogen-bond acceptors (Lipinski definition) is 2. The molecule has 1 saturated carbocycles. The maximum Gasteiger partial charge on any atom is 0.0785 e. The molecule has 0 bridgehead atoms. The molecule has 3 atom stereocenters. The number of thiocarbonyl (C=S) groups is 1. The Morgan fingerprint density at radius 1 is 1.37 bits per heavy atom. The van der Waals surface area contributed by atoms with Gasteiger partial charge in [-0.15, -0.1) is 0 Å². The third-order valence-electron chi connectivity index (χ3n) is 4.69. The van der Waals surface area contributed by atoms with Crippen LogP contribution >= 0.6 is 12.2 Å². The van der Waals surface area contributed by atoms with Gasteiger partial charge in [0.2, 0.25) is 0 Å². The van der Waals surface area contributed by atoms with E-state index in [1.54, 1.807) is 0 Å². The summed E-state index contributed by atoms with van der Waals surface area (Å²) in [6.07, 6.45) is 5.20. The van der Waals surface area contributed by atoms with E-state index in [1.165, 1.54) is 19.3 Å². The van der Waals surface area contributed by atoms with Crippen LogP contribution in [0.5, 0.6) is 0 Å². The van der Waals surface area contributed by atoms with Crippen molar-refractivity contribution in [2.75, 3.05) is 6.61 Å². The highest BCUT2D eigenvalue weighted by atomic mass is 32.1. The van der Waals surface area contributed by atoms with E-state index in [1.807, 2.05) is 0 Å². The van der Waals surface area contributed by atoms with E-state index in [2.05, 4.69) is 34.6 Å². The van der Waals surface area contributed by atoms with Crippen LogP contribution in [0.3, 0.4) is 0 Å². The summed E-state index contributed by atoms with van der Waals surface area (Å²) in [7, 11) is 0. The molecule has 0 amide bonds. The lowest BCUT2D eigenvalue weighted by atomic mass is 9.75. The van der Waals surface area contributed by atoms with Gasteiger partial charge in [0.15, 0.2) is 0 Å². The zero-order chi connectivity index (χ0) is 14.6. The zero-order valence-corrected chi connectivity index (χ0v) is 14.1. The number of hydrogen-bond donors (Lipinski definition) is 1. The molecule has 0 spiro atoms. The molecule has 0 aromatic carbocycles. The summed E-state index contributed by atoms with van der Waals surface area (Å²) >= 11 is 5.11. The van der Waals surface area contributed by atoms with Gasteiger partial charge in [-0.2, -0.15) is 0 Å². The van der Waals surface area contributed by atoms with Gasteiger partial charge >= 0.3 is 0 Å². The van der Waals surface area contributed by atoms with E-state index in [-0.39, 0.29) is 5.41 Å². The van der Waals surface area contributed by atoms with Gasteiger partial charge in [-0.05, 0) is 37.0 Å². The molecule has 0 aromatic rings. The van der Waals surface area contributed by atoms with E-state index in [4.69, 9.17) is 22.7 Å². The molecule has 3 unspecified atom stereocenters. The molecule has 0 aliphatic heterocycles. The van der Waals surface area contributed by atoms with Crippen LogP contribution in [0.15, 0.2) is 0 Å². The average Bonchev–Trinajstić information content (AvgIpc) is 2.28. The highest BCUT2D eigenvalue weighted by Crippen LogP contribution is 2.35. The Morgan fingerprint density at radius 3 is 2.53 bits per heavy atom. The predicted molar refractivity (Wildman–Crippen MR) is 86.3 cm³/mol. The smallest absolute Gasteiger partial charge is 0.0785 e. The average molecular weight is 285 g/mol. The van der Waals surface area contributed by atoms with Crippen LogP contribution in [0.25, 0.3) is 0 Å². The second-order valence-electron chi connectivity index (χ2n) is 7.23. The van der Waals surface area contributed by atoms with Gasteiger partial charge in [0, 0.05) is 12.0 Å². The van der Waals surface area contributed by atoms with Gasteiger partial charge in [-0.25, -0.2) is 0 Å². The van der Waals surface area contributed by atoms with Crippen LogP contribution in [0, 0.1) is 23.2 Å². The first kappa shape index (κ1) is 16.9. The van der Waals surface area contributed by atoms with Gasteiger partial charge in [-0.1, -0.05) is 53.3 Å². The molecule has 0 heterocycles. The number of ether oxygens (including phenoxy) is 1. The van der Waals surface area contributed by atoms with Crippen LogP contribution in [0.2, 0.25) is 0 Å². The summed E-state index contributed by atoms with van der Waals surface area (Å²) in [5, 5.41) is 0. The van der Waals surface area contributed by atoms with Gasteiger partial charge in [0.25, 0.3) is 0 Å². The Morgan fingerprint density at radius 2 is 2.00 bits per heavy atom. The Labute approximate surface area is 124 Å². The second kappa shape index (κ2) is 7.03. The van der Waals surface area contributed by atoms with Crippen molar-refractivity contribution in [3.63, 3.8) is 0 Å². The van der Waals surface area contributed by atoms with Crippen molar-refractivity contribution in [3.8, 4) is 0 Å². The Kier molecular flexibility index (Phi) is 6.25. The number of nitrogens with two attached hydrogens (primary N) is 1. The molecule has 2 nitrogen and oxygen atoms in total. The lowest BCUT2D eigenvalue weighted by molar-refractivity contribution is -0.0432. The molecule has 0 aromatic heterocycles. The quantitative estimate of drug-likeness (QED) is 0.744. The minimum absolute atomic E-state index is 0.0943. The fourth-order valence-corrected chi connectivity index (χ4v) is 3.00. The third kappa shape index (κ3) is 5.03. The summed E-state index contributed by atoms with van der Waals surface area (Å²) < 4.78 is 6.20. The second-order valence-corrected chi connectivity index (χ2v) is 7.67. The molecule has 0 saturated heterocycles. The normalized spacial score (nSPS) is 28.6. The fraction of sp³-hybridized carbons (Fsp3) is 0.938. The van der Waals surface area contributed by atoms with Crippen molar-refractivity contribution < 1.29 is 4.74 Å². The van der Waals surface area contributed by atoms with E-state index >= 15 is 0 Å². The van der Waals surface area contributed by atoms with Crippen molar-refractivity contribution >= 4 is 17.2 Å². The van der Waals surface area contributed by atoms with Crippen molar-refractivity contribution in [1.82, 2.24) is 0 Å². The van der Waals surface area contributed by atoms with Crippen LogP contribution in [-0.4, -0.2) is 17.7 Å². The summed E-state index contributed by atoms with van der Waals surface area (Å²) in [6.45, 7) is 11.9. The molecule has 112 valence electrons. The minimum Gasteiger partial charge on any atom is -0.393 e. The van der Waals surface area contributed by atoms with Gasteiger partial charge < -0.3 is 10.5 Å². The standard InChI is InChI=1S/C16H31NOS/c1-11(2)13-7-6-12(3)10-14(13)18-9-8-16(4,5)15(17)19/h11-14H,6-10H2,1-5H3,(H2,17,19). The Balaban J connectivity index is 2.47. The monoisotopic (exact) mass is 285 g/mol. The molecular weight excluding hydrogens is 254 g/mol. The molecule has 1 fully saturated rings. The van der Waals surface area contributed by atoms with E-state index in [0.29, 0.717) is 22.9 Å². The molecule has 1 rings (SSSR count). The summed E-state index contributed by atoms with van der Waals surface area (Å²) in [5.74, 6) is 2.22. The van der Waals surface area contributed by atoms with E-state index in [0.717, 1.165) is 18.9 Å². The van der Waals surface area contributed by atoms with Crippen LogP contribution < -0.4 is 5.73 Å². The number of rotatable bonds is 6. The molecule has 3 heteroatoms. The maximum absolute atomic E-state index is 6.20.